The van der Waals surface area contributed by atoms with Gasteiger partial charge < -0.3 is 14.2 Å². The number of benzene rings is 3. The summed E-state index contributed by atoms with van der Waals surface area (Å²) in [6.45, 7) is 12.7. The molecule has 0 aliphatic carbocycles. The van der Waals surface area contributed by atoms with Gasteiger partial charge >= 0.3 is 5.77 Å². The lowest BCUT2D eigenvalue weighted by Crippen LogP contribution is -2.17. The zero-order valence-corrected chi connectivity index (χ0v) is 46.8. The lowest BCUT2D eigenvalue weighted by molar-refractivity contribution is 0.0300. The van der Waals surface area contributed by atoms with Gasteiger partial charge in [0, 0.05) is 0 Å². The van der Waals surface area contributed by atoms with E-state index in [2.05, 4.69) is 69.3 Å². The van der Waals surface area contributed by atoms with Crippen LogP contribution in [0.25, 0.3) is 0 Å². The minimum Gasteiger partial charge on any atom is -0.479 e. The molecular weight excluding hydrogens is 896 g/mol. The van der Waals surface area contributed by atoms with Crippen LogP contribution < -0.4 is 14.2 Å². The summed E-state index contributed by atoms with van der Waals surface area (Å²) in [6, 6.07) is 25.0. The molecule has 0 radical (unpaired) electrons. The van der Waals surface area contributed by atoms with E-state index in [0.29, 0.717) is 0 Å². The number of unbranched alkanes of at least 4 members (excludes halogenated alkanes) is 27. The van der Waals surface area contributed by atoms with E-state index < -0.39 is 22.9 Å². The third kappa shape index (κ3) is 28.7. The predicted molar refractivity (Wildman–Crippen MR) is 300 cm³/mol. The van der Waals surface area contributed by atoms with E-state index in [1.54, 1.807) is 0 Å². The van der Waals surface area contributed by atoms with E-state index in [4.69, 9.17) is 18.7 Å². The van der Waals surface area contributed by atoms with Crippen LogP contribution in [0, 0.1) is 0 Å². The quantitative estimate of drug-likeness (QED) is 0.0318. The third-order valence-corrected chi connectivity index (χ3v) is 20.3. The van der Waals surface area contributed by atoms with Crippen LogP contribution >= 0.6 is 28.5 Å². The molecule has 0 N–H and O–H groups in total. The van der Waals surface area contributed by atoms with E-state index >= 15 is 4.57 Å². The lowest BCUT2D eigenvalue weighted by Gasteiger charge is -2.27. The van der Waals surface area contributed by atoms with Crippen molar-refractivity contribution in [2.45, 2.75) is 271 Å². The summed E-state index contributed by atoms with van der Waals surface area (Å²) in [4.78, 5) is 0. The summed E-state index contributed by atoms with van der Waals surface area (Å²) in [5.41, 5.74) is 2.70. The minimum atomic E-state index is -3.52. The Balaban J connectivity index is 1.63. The first kappa shape index (κ1) is 60.3. The Kier molecular flexibility index (Phi) is 35.0. The Bertz CT molecular complexity index is 1510. The standard InChI is InChI=1S/C60H99O5PS2/c1-7-10-13-16-19-22-25-28-31-34-43-55-46-37-40-49-58(55)62-52(4)65-66(61,67-53(5)63-59-50-41-38-47-56(59)44-35-32-29-26-23-20-17-14-11-8-2)68-54(6)64-60-51-42-39-48-57(60)45-36-33-30-27-24-21-18-15-12-9-3/h37-42,46-54H,7-36,43-45H2,1-6H3. The van der Waals surface area contributed by atoms with Crippen molar-refractivity contribution in [3.05, 3.63) is 89.5 Å². The van der Waals surface area contributed by atoms with Gasteiger partial charge in [0.2, 0.25) is 6.29 Å². The summed E-state index contributed by atoms with van der Waals surface area (Å²) in [5, 5.41) is 0. The van der Waals surface area contributed by atoms with Crippen molar-refractivity contribution in [3.8, 4) is 17.2 Å². The SMILES string of the molecule is CCCCCCCCCCCCc1ccccc1OC(C)OP(=O)(SC(C)Oc1ccccc1CCCCCCCCCCCC)SC(C)Oc1ccccc1CCCCCCCCCCCC. The largest absolute Gasteiger partial charge is 0.479 e. The zero-order chi connectivity index (χ0) is 48.8. The molecule has 0 aromatic heterocycles. The molecule has 0 heterocycles. The van der Waals surface area contributed by atoms with Crippen LogP contribution in [0.3, 0.4) is 0 Å². The van der Waals surface area contributed by atoms with Crippen molar-refractivity contribution in [3.63, 3.8) is 0 Å². The van der Waals surface area contributed by atoms with E-state index in [1.165, 1.54) is 213 Å². The van der Waals surface area contributed by atoms with Crippen molar-refractivity contribution in [2.75, 3.05) is 0 Å². The Morgan fingerprint density at radius 2 is 0.618 bits per heavy atom. The highest BCUT2D eigenvalue weighted by Gasteiger charge is 2.35. The summed E-state index contributed by atoms with van der Waals surface area (Å²) < 4.78 is 41.6. The average molecular weight is 996 g/mol. The molecule has 386 valence electrons. The molecule has 3 rings (SSSR count). The molecule has 3 unspecified atom stereocenters. The van der Waals surface area contributed by atoms with E-state index in [1.807, 2.05) is 45.0 Å². The molecule has 0 amide bonds. The van der Waals surface area contributed by atoms with Gasteiger partial charge in [0.25, 0.3) is 0 Å². The van der Waals surface area contributed by atoms with Crippen LogP contribution in [0.15, 0.2) is 72.8 Å². The first-order valence-electron chi connectivity index (χ1n) is 28.2. The van der Waals surface area contributed by atoms with Crippen molar-refractivity contribution in [2.24, 2.45) is 0 Å². The fourth-order valence-corrected chi connectivity index (χ4v) is 16.9. The maximum Gasteiger partial charge on any atom is 0.323 e. The molecular formula is C60H99O5PS2. The van der Waals surface area contributed by atoms with Gasteiger partial charge in [-0.15, -0.1) is 0 Å². The van der Waals surface area contributed by atoms with E-state index in [0.717, 1.165) is 55.8 Å². The number of hydrogen-bond acceptors (Lipinski definition) is 7. The topological polar surface area (TPSA) is 54.0 Å². The highest BCUT2D eigenvalue weighted by atomic mass is 33.1. The lowest BCUT2D eigenvalue weighted by atomic mass is 10.0. The Hall–Kier alpha value is -2.05. The van der Waals surface area contributed by atoms with Crippen molar-refractivity contribution >= 4 is 28.5 Å². The van der Waals surface area contributed by atoms with Gasteiger partial charge in [0.05, 0.1) is 0 Å². The zero-order valence-electron chi connectivity index (χ0n) is 44.3. The van der Waals surface area contributed by atoms with Crippen LogP contribution in [0.1, 0.15) is 251 Å². The van der Waals surface area contributed by atoms with Gasteiger partial charge in [-0.2, -0.15) is 0 Å². The second kappa shape index (κ2) is 39.6. The normalized spacial score (nSPS) is 13.8. The van der Waals surface area contributed by atoms with Gasteiger partial charge in [0.1, 0.15) is 17.2 Å². The fourth-order valence-electron chi connectivity index (χ4n) is 9.11. The molecule has 0 bridgehead atoms. The molecule has 68 heavy (non-hydrogen) atoms. The first-order valence-corrected chi connectivity index (χ1v) is 32.7. The molecule has 0 aliphatic rings. The van der Waals surface area contributed by atoms with Crippen LogP contribution in [0.5, 0.6) is 17.2 Å². The number of para-hydroxylation sites is 3. The van der Waals surface area contributed by atoms with Crippen LogP contribution in [-0.2, 0) is 28.4 Å². The average Bonchev–Trinajstić information content (AvgIpc) is 3.32. The maximum atomic E-state index is 15.2. The number of rotatable bonds is 45. The van der Waals surface area contributed by atoms with E-state index in [-0.39, 0.29) is 0 Å². The molecule has 3 atom stereocenters. The number of aryl methyl sites for hydroxylation is 3. The fraction of sp³-hybridized carbons (Fsp3) is 0.700. The number of hydrogen-bond donors (Lipinski definition) is 0. The van der Waals surface area contributed by atoms with Crippen molar-refractivity contribution in [1.82, 2.24) is 0 Å². The van der Waals surface area contributed by atoms with E-state index in [9.17, 15) is 0 Å². The Morgan fingerprint density at radius 3 is 0.912 bits per heavy atom. The van der Waals surface area contributed by atoms with Gasteiger partial charge in [-0.25, -0.2) is 0 Å². The predicted octanol–water partition coefficient (Wildman–Crippen LogP) is 21.2. The van der Waals surface area contributed by atoms with Crippen molar-refractivity contribution < 1.29 is 23.3 Å². The summed E-state index contributed by atoms with van der Waals surface area (Å²) in [6.07, 6.45) is 41.5. The molecule has 0 aliphatic heterocycles. The van der Waals surface area contributed by atoms with Gasteiger partial charge in [0.15, 0.2) is 10.9 Å². The minimum absolute atomic E-state index is 0.436. The molecule has 0 saturated carbocycles. The Morgan fingerprint density at radius 1 is 0.368 bits per heavy atom. The number of ether oxygens (including phenoxy) is 3. The Labute approximate surface area is 426 Å². The summed E-state index contributed by atoms with van der Waals surface area (Å²) >= 11 is 2.50. The summed E-state index contributed by atoms with van der Waals surface area (Å²) in [5.74, 6) is -1.01. The molecule has 0 spiro atoms. The van der Waals surface area contributed by atoms with Gasteiger partial charge in [-0.3, -0.25) is 9.09 Å². The molecule has 8 heteroatoms. The molecule has 3 aromatic carbocycles. The second-order valence-electron chi connectivity index (χ2n) is 19.4. The second-order valence-corrected chi connectivity index (χ2v) is 27.1. The van der Waals surface area contributed by atoms with Gasteiger partial charge in [-0.05, 0) is 117 Å². The van der Waals surface area contributed by atoms with Gasteiger partial charge in [-0.1, -0.05) is 249 Å². The highest BCUT2D eigenvalue weighted by Crippen LogP contribution is 2.73. The third-order valence-electron chi connectivity index (χ3n) is 13.0. The first-order chi connectivity index (χ1) is 33.3. The van der Waals surface area contributed by atoms with Crippen LogP contribution in [-0.4, -0.2) is 17.2 Å². The molecule has 0 fully saturated rings. The smallest absolute Gasteiger partial charge is 0.323 e. The summed E-state index contributed by atoms with van der Waals surface area (Å²) in [7, 11) is 0. The van der Waals surface area contributed by atoms with Crippen LogP contribution in [0.4, 0.5) is 0 Å². The van der Waals surface area contributed by atoms with Crippen LogP contribution in [0.2, 0.25) is 0 Å². The highest BCUT2D eigenvalue weighted by molar-refractivity contribution is 8.89. The van der Waals surface area contributed by atoms with Crippen molar-refractivity contribution in [1.29, 1.82) is 0 Å². The molecule has 0 saturated heterocycles. The monoisotopic (exact) mass is 995 g/mol. The molecule has 3 aromatic rings. The maximum absolute atomic E-state index is 15.2. The molecule has 5 nitrogen and oxygen atoms in total.